The number of ether oxygens (including phenoxy) is 1. The van der Waals surface area contributed by atoms with E-state index in [9.17, 15) is 22.7 Å². The van der Waals surface area contributed by atoms with Crippen LogP contribution < -0.4 is 0 Å². The standard InChI is InChI=1S/C26H30F4O2/c1-2-3-16-4-9-23(32-15-16)17-10-12-26(31,13-11-17)18-5-6-19(22(28)14-18)20-7-8-21(27)25(30)24(20)29/h5-8,14,16-17,23,31H,2-4,9-13,15H2,1H3. The molecule has 1 heterocycles. The summed E-state index contributed by atoms with van der Waals surface area (Å²) in [5.74, 6) is -4.12. The Balaban J connectivity index is 1.44. The van der Waals surface area contributed by atoms with Gasteiger partial charge in [0.2, 0.25) is 0 Å². The van der Waals surface area contributed by atoms with Crippen molar-refractivity contribution in [1.82, 2.24) is 0 Å². The largest absolute Gasteiger partial charge is 0.385 e. The first-order chi connectivity index (χ1) is 15.3. The van der Waals surface area contributed by atoms with E-state index < -0.39 is 28.9 Å². The Bertz CT molecular complexity index is 945. The van der Waals surface area contributed by atoms with Crippen LogP contribution in [0.15, 0.2) is 30.3 Å². The van der Waals surface area contributed by atoms with Gasteiger partial charge < -0.3 is 9.84 Å². The Hall–Kier alpha value is -1.92. The van der Waals surface area contributed by atoms with Gasteiger partial charge in [0.25, 0.3) is 0 Å². The molecule has 1 saturated carbocycles. The van der Waals surface area contributed by atoms with Crippen LogP contribution in [0.1, 0.15) is 63.9 Å². The number of hydrogen-bond donors (Lipinski definition) is 1. The molecule has 0 spiro atoms. The summed E-state index contributed by atoms with van der Waals surface area (Å²) in [6.45, 7) is 3.00. The van der Waals surface area contributed by atoms with Crippen molar-refractivity contribution >= 4 is 0 Å². The van der Waals surface area contributed by atoms with E-state index in [2.05, 4.69) is 6.92 Å². The molecule has 174 valence electrons. The van der Waals surface area contributed by atoms with Crippen LogP contribution in [0.25, 0.3) is 11.1 Å². The molecule has 1 aliphatic carbocycles. The van der Waals surface area contributed by atoms with Crippen molar-refractivity contribution in [3.05, 3.63) is 59.2 Å². The molecule has 0 bridgehead atoms. The Morgan fingerprint density at radius 3 is 2.25 bits per heavy atom. The van der Waals surface area contributed by atoms with Gasteiger partial charge in [-0.3, -0.25) is 0 Å². The van der Waals surface area contributed by atoms with Gasteiger partial charge in [-0.2, -0.15) is 0 Å². The molecule has 1 N–H and O–H groups in total. The highest BCUT2D eigenvalue weighted by Gasteiger charge is 2.39. The van der Waals surface area contributed by atoms with Crippen molar-refractivity contribution in [3.8, 4) is 11.1 Å². The molecule has 2 atom stereocenters. The lowest BCUT2D eigenvalue weighted by atomic mass is 9.72. The lowest BCUT2D eigenvalue weighted by Crippen LogP contribution is -2.38. The second-order valence-corrected chi connectivity index (χ2v) is 9.39. The lowest BCUT2D eigenvalue weighted by molar-refractivity contribution is -0.0840. The van der Waals surface area contributed by atoms with Gasteiger partial charge in [0.1, 0.15) is 5.82 Å². The second kappa shape index (κ2) is 9.52. The average molecular weight is 451 g/mol. The van der Waals surface area contributed by atoms with Crippen molar-refractivity contribution in [2.45, 2.75) is 70.0 Å². The number of halogens is 4. The predicted octanol–water partition coefficient (Wildman–Crippen LogP) is 6.88. The second-order valence-electron chi connectivity index (χ2n) is 9.39. The van der Waals surface area contributed by atoms with Gasteiger partial charge in [0.15, 0.2) is 17.5 Å². The number of aliphatic hydroxyl groups is 1. The Morgan fingerprint density at radius 1 is 0.906 bits per heavy atom. The van der Waals surface area contributed by atoms with Crippen LogP contribution in [-0.2, 0) is 10.3 Å². The molecule has 2 aromatic carbocycles. The predicted molar refractivity (Wildman–Crippen MR) is 115 cm³/mol. The quantitative estimate of drug-likeness (QED) is 0.397. The van der Waals surface area contributed by atoms with Crippen molar-refractivity contribution < 1.29 is 27.4 Å². The summed E-state index contributed by atoms with van der Waals surface area (Å²) in [4.78, 5) is 0. The van der Waals surface area contributed by atoms with E-state index >= 15 is 0 Å². The molecule has 0 aromatic heterocycles. The fourth-order valence-corrected chi connectivity index (χ4v) is 5.37. The summed E-state index contributed by atoms with van der Waals surface area (Å²) in [5.41, 5.74) is -1.26. The van der Waals surface area contributed by atoms with Gasteiger partial charge in [-0.25, -0.2) is 17.6 Å². The normalized spacial score (nSPS) is 28.6. The van der Waals surface area contributed by atoms with Crippen LogP contribution in [0.5, 0.6) is 0 Å². The summed E-state index contributed by atoms with van der Waals surface area (Å²) >= 11 is 0. The fraction of sp³-hybridized carbons (Fsp3) is 0.538. The molecule has 0 amide bonds. The van der Waals surface area contributed by atoms with E-state index in [-0.39, 0.29) is 17.2 Å². The minimum absolute atomic E-state index is 0.167. The SMILES string of the molecule is CCCC1CCC(C2CCC(O)(c3ccc(-c4ccc(F)c(F)c4F)c(F)c3)CC2)OC1. The molecule has 2 fully saturated rings. The maximum Gasteiger partial charge on any atom is 0.195 e. The zero-order valence-electron chi connectivity index (χ0n) is 18.4. The Morgan fingerprint density at radius 2 is 1.62 bits per heavy atom. The van der Waals surface area contributed by atoms with E-state index in [4.69, 9.17) is 4.74 Å². The molecule has 2 unspecified atom stereocenters. The Kier molecular flexibility index (Phi) is 6.91. The number of hydrogen-bond acceptors (Lipinski definition) is 2. The minimum Gasteiger partial charge on any atom is -0.385 e. The summed E-state index contributed by atoms with van der Waals surface area (Å²) in [5, 5.41) is 11.2. The topological polar surface area (TPSA) is 29.5 Å². The molecular formula is C26H30F4O2. The lowest BCUT2D eigenvalue weighted by Gasteiger charge is -2.41. The first-order valence-electron chi connectivity index (χ1n) is 11.6. The monoisotopic (exact) mass is 450 g/mol. The zero-order valence-corrected chi connectivity index (χ0v) is 18.4. The maximum atomic E-state index is 14.8. The van der Waals surface area contributed by atoms with Crippen LogP contribution in [0, 0.1) is 35.1 Å². The summed E-state index contributed by atoms with van der Waals surface area (Å²) < 4.78 is 61.8. The van der Waals surface area contributed by atoms with Gasteiger partial charge >= 0.3 is 0 Å². The van der Waals surface area contributed by atoms with Crippen molar-refractivity contribution in [1.29, 1.82) is 0 Å². The molecule has 2 aromatic rings. The van der Waals surface area contributed by atoms with E-state index in [0.29, 0.717) is 30.2 Å². The maximum absolute atomic E-state index is 14.8. The molecule has 2 aliphatic rings. The molecule has 1 aliphatic heterocycles. The Labute approximate surface area is 186 Å². The van der Waals surface area contributed by atoms with Crippen LogP contribution in [0.2, 0.25) is 0 Å². The smallest absolute Gasteiger partial charge is 0.195 e. The molecule has 6 heteroatoms. The minimum atomic E-state index is -1.63. The highest BCUT2D eigenvalue weighted by atomic mass is 19.2. The van der Waals surface area contributed by atoms with Crippen molar-refractivity contribution in [3.63, 3.8) is 0 Å². The van der Waals surface area contributed by atoms with E-state index in [1.807, 2.05) is 0 Å². The first-order valence-corrected chi connectivity index (χ1v) is 11.6. The third kappa shape index (κ3) is 4.58. The highest BCUT2D eigenvalue weighted by Crippen LogP contribution is 2.43. The van der Waals surface area contributed by atoms with Gasteiger partial charge in [-0.1, -0.05) is 25.5 Å². The number of rotatable bonds is 5. The first kappa shape index (κ1) is 23.2. The van der Waals surface area contributed by atoms with Crippen molar-refractivity contribution in [2.75, 3.05) is 6.61 Å². The zero-order chi connectivity index (χ0) is 22.9. The van der Waals surface area contributed by atoms with E-state index in [1.165, 1.54) is 31.4 Å². The molecule has 4 rings (SSSR count). The van der Waals surface area contributed by atoms with Crippen LogP contribution in [0.4, 0.5) is 17.6 Å². The number of benzene rings is 2. The third-order valence-electron chi connectivity index (χ3n) is 7.32. The summed E-state index contributed by atoms with van der Waals surface area (Å²) in [6, 6.07) is 5.84. The van der Waals surface area contributed by atoms with Gasteiger partial charge in [-0.05, 0) is 80.5 Å². The average Bonchev–Trinajstić information content (AvgIpc) is 2.79. The van der Waals surface area contributed by atoms with Crippen LogP contribution in [0.3, 0.4) is 0 Å². The van der Waals surface area contributed by atoms with Crippen LogP contribution in [-0.4, -0.2) is 17.8 Å². The molecule has 2 nitrogen and oxygen atoms in total. The van der Waals surface area contributed by atoms with Gasteiger partial charge in [0, 0.05) is 17.7 Å². The molecule has 1 saturated heterocycles. The molecule has 0 radical (unpaired) electrons. The van der Waals surface area contributed by atoms with E-state index in [1.54, 1.807) is 6.07 Å². The van der Waals surface area contributed by atoms with Crippen molar-refractivity contribution in [2.24, 2.45) is 11.8 Å². The van der Waals surface area contributed by atoms with E-state index in [0.717, 1.165) is 38.0 Å². The third-order valence-corrected chi connectivity index (χ3v) is 7.32. The molecule has 32 heavy (non-hydrogen) atoms. The fourth-order valence-electron chi connectivity index (χ4n) is 5.37. The van der Waals surface area contributed by atoms with Crippen LogP contribution >= 0.6 is 0 Å². The van der Waals surface area contributed by atoms with Gasteiger partial charge in [0.05, 0.1) is 11.7 Å². The molecular weight excluding hydrogens is 420 g/mol. The highest BCUT2D eigenvalue weighted by molar-refractivity contribution is 5.65. The summed E-state index contributed by atoms with van der Waals surface area (Å²) in [6.07, 6.45) is 7.41. The summed E-state index contributed by atoms with van der Waals surface area (Å²) in [7, 11) is 0. The van der Waals surface area contributed by atoms with Gasteiger partial charge in [-0.15, -0.1) is 0 Å².